The molecule has 0 saturated carbocycles. The first-order valence-corrected chi connectivity index (χ1v) is 8.91. The molecule has 136 valence electrons. The van der Waals surface area contributed by atoms with E-state index in [4.69, 9.17) is 0 Å². The third kappa shape index (κ3) is 3.74. The lowest BCUT2D eigenvalue weighted by molar-refractivity contribution is 0.0954. The van der Waals surface area contributed by atoms with Gasteiger partial charge in [-0.3, -0.25) is 4.79 Å². The van der Waals surface area contributed by atoms with Crippen molar-refractivity contribution in [3.05, 3.63) is 65.4 Å². The molecule has 3 rings (SSSR count). The van der Waals surface area contributed by atoms with Gasteiger partial charge >= 0.3 is 0 Å². The minimum Gasteiger partial charge on any atom is -0.508 e. The summed E-state index contributed by atoms with van der Waals surface area (Å²) in [5, 5.41) is 13.7. The van der Waals surface area contributed by atoms with E-state index in [1.165, 1.54) is 5.56 Å². The van der Waals surface area contributed by atoms with Crippen molar-refractivity contribution in [2.45, 2.75) is 32.6 Å². The Kier molecular flexibility index (Phi) is 4.77. The van der Waals surface area contributed by atoms with Crippen LogP contribution in [0.1, 0.15) is 42.3 Å². The van der Waals surface area contributed by atoms with E-state index in [9.17, 15) is 9.90 Å². The van der Waals surface area contributed by atoms with E-state index >= 15 is 0 Å². The van der Waals surface area contributed by atoms with Crippen LogP contribution in [0.2, 0.25) is 0 Å². The number of aryl methyl sites for hydroxylation is 1. The normalized spacial score (nSPS) is 11.7. The van der Waals surface area contributed by atoms with Crippen LogP contribution in [0.15, 0.2) is 48.7 Å². The highest BCUT2D eigenvalue weighted by atomic mass is 16.3. The fourth-order valence-corrected chi connectivity index (χ4v) is 3.20. The summed E-state index contributed by atoms with van der Waals surface area (Å²) < 4.78 is 2.04. The van der Waals surface area contributed by atoms with Crippen LogP contribution in [0.5, 0.6) is 5.75 Å². The molecule has 4 nitrogen and oxygen atoms in total. The number of carbonyl (C=O) groups is 1. The second-order valence-electron chi connectivity index (χ2n) is 7.80. The number of aromatic nitrogens is 1. The Balaban J connectivity index is 1.65. The van der Waals surface area contributed by atoms with E-state index in [1.54, 1.807) is 12.1 Å². The van der Waals surface area contributed by atoms with Crippen molar-refractivity contribution in [1.29, 1.82) is 0 Å². The Bertz CT molecular complexity index is 931. The molecular weight excluding hydrogens is 324 g/mol. The molecule has 0 bridgehead atoms. The smallest absolute Gasteiger partial charge is 0.251 e. The maximum atomic E-state index is 12.4. The monoisotopic (exact) mass is 350 g/mol. The average molecular weight is 350 g/mol. The molecule has 1 heterocycles. The van der Waals surface area contributed by atoms with Gasteiger partial charge in [-0.05, 0) is 53.3 Å². The molecule has 3 aromatic rings. The largest absolute Gasteiger partial charge is 0.508 e. The van der Waals surface area contributed by atoms with Gasteiger partial charge in [-0.25, -0.2) is 0 Å². The molecule has 0 spiro atoms. The molecule has 0 unspecified atom stereocenters. The lowest BCUT2D eigenvalue weighted by Gasteiger charge is -2.19. The van der Waals surface area contributed by atoms with Gasteiger partial charge in [0.05, 0.1) is 0 Å². The average Bonchev–Trinajstić information content (AvgIpc) is 2.89. The van der Waals surface area contributed by atoms with Crippen molar-refractivity contribution < 1.29 is 9.90 Å². The minimum absolute atomic E-state index is 0.0615. The molecule has 0 aliphatic rings. The summed E-state index contributed by atoms with van der Waals surface area (Å²) in [5.74, 6) is 0.196. The molecule has 0 atom stereocenters. The summed E-state index contributed by atoms with van der Waals surface area (Å²) in [6, 6.07) is 13.2. The lowest BCUT2D eigenvalue weighted by atomic mass is 9.87. The Morgan fingerprint density at radius 3 is 2.46 bits per heavy atom. The fourth-order valence-electron chi connectivity index (χ4n) is 3.20. The van der Waals surface area contributed by atoms with E-state index in [1.807, 2.05) is 48.1 Å². The number of phenols is 1. The summed E-state index contributed by atoms with van der Waals surface area (Å²) in [4.78, 5) is 12.4. The van der Waals surface area contributed by atoms with Crippen molar-refractivity contribution in [3.8, 4) is 5.75 Å². The van der Waals surface area contributed by atoms with Gasteiger partial charge < -0.3 is 15.0 Å². The summed E-state index contributed by atoms with van der Waals surface area (Å²) in [5.41, 5.74) is 4.15. The highest BCUT2D eigenvalue weighted by molar-refractivity contribution is 5.94. The number of amides is 1. The van der Waals surface area contributed by atoms with Crippen LogP contribution in [-0.2, 0) is 18.9 Å². The molecule has 4 heteroatoms. The van der Waals surface area contributed by atoms with Gasteiger partial charge in [0.2, 0.25) is 0 Å². The molecular formula is C22H26N2O2. The topological polar surface area (TPSA) is 54.3 Å². The number of aromatic hydroxyl groups is 1. The highest BCUT2D eigenvalue weighted by Crippen LogP contribution is 2.25. The van der Waals surface area contributed by atoms with Gasteiger partial charge in [-0.1, -0.05) is 32.9 Å². The molecule has 2 aromatic carbocycles. The first-order valence-electron chi connectivity index (χ1n) is 8.91. The van der Waals surface area contributed by atoms with E-state index in [0.29, 0.717) is 18.5 Å². The fraction of sp³-hybridized carbons (Fsp3) is 0.318. The van der Waals surface area contributed by atoms with Crippen LogP contribution in [-0.4, -0.2) is 22.1 Å². The molecule has 0 aliphatic heterocycles. The van der Waals surface area contributed by atoms with Gasteiger partial charge in [-0.2, -0.15) is 0 Å². The Morgan fingerprint density at radius 2 is 1.81 bits per heavy atom. The summed E-state index contributed by atoms with van der Waals surface area (Å²) in [6.45, 7) is 7.02. The molecule has 2 N–H and O–H groups in total. The molecule has 0 saturated heterocycles. The van der Waals surface area contributed by atoms with Crippen molar-refractivity contribution >= 4 is 16.8 Å². The molecule has 0 fully saturated rings. The van der Waals surface area contributed by atoms with Gasteiger partial charge in [0.25, 0.3) is 5.91 Å². The van der Waals surface area contributed by atoms with Gasteiger partial charge in [0, 0.05) is 36.3 Å². The predicted molar refractivity (Wildman–Crippen MR) is 106 cm³/mol. The van der Waals surface area contributed by atoms with Crippen LogP contribution in [0, 0.1) is 0 Å². The molecule has 1 aromatic heterocycles. The maximum absolute atomic E-state index is 12.4. The zero-order chi connectivity index (χ0) is 18.9. The van der Waals surface area contributed by atoms with E-state index in [0.717, 1.165) is 16.5 Å². The standard InChI is InChI=1S/C22H26N2O2/c1-22(2,3)17-7-5-15(6-8-17)21(26)23-12-11-16-14-24(4)20-10-9-18(25)13-19(16)20/h5-10,13-14,25H,11-12H2,1-4H3,(H,23,26). The van der Waals surface area contributed by atoms with Gasteiger partial charge in [0.1, 0.15) is 5.75 Å². The summed E-state index contributed by atoms with van der Waals surface area (Å²) >= 11 is 0. The number of hydrogen-bond donors (Lipinski definition) is 2. The zero-order valence-corrected chi connectivity index (χ0v) is 15.8. The van der Waals surface area contributed by atoms with Gasteiger partial charge in [-0.15, -0.1) is 0 Å². The highest BCUT2D eigenvalue weighted by Gasteiger charge is 2.14. The third-order valence-corrected chi connectivity index (χ3v) is 4.75. The number of rotatable bonds is 4. The van der Waals surface area contributed by atoms with Crippen LogP contribution in [0.4, 0.5) is 0 Å². The van der Waals surface area contributed by atoms with Crippen molar-refractivity contribution in [2.75, 3.05) is 6.54 Å². The summed E-state index contributed by atoms with van der Waals surface area (Å²) in [7, 11) is 1.98. The number of carbonyl (C=O) groups excluding carboxylic acids is 1. The lowest BCUT2D eigenvalue weighted by Crippen LogP contribution is -2.25. The van der Waals surface area contributed by atoms with E-state index in [-0.39, 0.29) is 17.1 Å². The Hall–Kier alpha value is -2.75. The minimum atomic E-state index is -0.0615. The Morgan fingerprint density at radius 1 is 1.12 bits per heavy atom. The van der Waals surface area contributed by atoms with E-state index < -0.39 is 0 Å². The SMILES string of the molecule is Cn1cc(CCNC(=O)c2ccc(C(C)(C)C)cc2)c2cc(O)ccc21. The Labute approximate surface area is 154 Å². The van der Waals surface area contributed by atoms with Crippen molar-refractivity contribution in [1.82, 2.24) is 9.88 Å². The molecule has 1 amide bonds. The second-order valence-corrected chi connectivity index (χ2v) is 7.80. The summed E-state index contributed by atoms with van der Waals surface area (Å²) in [6.07, 6.45) is 2.76. The number of nitrogens with zero attached hydrogens (tertiary/aromatic N) is 1. The van der Waals surface area contributed by atoms with E-state index in [2.05, 4.69) is 26.1 Å². The van der Waals surface area contributed by atoms with Crippen LogP contribution >= 0.6 is 0 Å². The van der Waals surface area contributed by atoms with Crippen LogP contribution < -0.4 is 5.32 Å². The van der Waals surface area contributed by atoms with Crippen molar-refractivity contribution in [3.63, 3.8) is 0 Å². The maximum Gasteiger partial charge on any atom is 0.251 e. The number of hydrogen-bond acceptors (Lipinski definition) is 2. The first-order chi connectivity index (χ1) is 12.3. The number of fused-ring (bicyclic) bond motifs is 1. The molecule has 0 aliphatic carbocycles. The molecule has 0 radical (unpaired) electrons. The number of benzene rings is 2. The zero-order valence-electron chi connectivity index (χ0n) is 15.8. The van der Waals surface area contributed by atoms with Crippen LogP contribution in [0.25, 0.3) is 10.9 Å². The second kappa shape index (κ2) is 6.87. The first kappa shape index (κ1) is 18.1. The number of phenolic OH excluding ortho intramolecular Hbond substituents is 1. The third-order valence-electron chi connectivity index (χ3n) is 4.75. The van der Waals surface area contributed by atoms with Gasteiger partial charge in [0.15, 0.2) is 0 Å². The van der Waals surface area contributed by atoms with Crippen LogP contribution in [0.3, 0.4) is 0 Å². The number of nitrogens with one attached hydrogen (secondary N) is 1. The van der Waals surface area contributed by atoms with Crippen molar-refractivity contribution in [2.24, 2.45) is 7.05 Å². The molecule has 26 heavy (non-hydrogen) atoms. The quantitative estimate of drug-likeness (QED) is 0.742. The predicted octanol–water partition coefficient (Wildman–Crippen LogP) is 4.15.